The molecule has 0 saturated carbocycles. The second kappa shape index (κ2) is 7.50. The molecule has 8 heteroatoms. The number of thiazole rings is 1. The maximum Gasteiger partial charge on any atom is 0.328 e. The molecule has 7 nitrogen and oxygen atoms in total. The van der Waals surface area contributed by atoms with Crippen LogP contribution in [0.2, 0.25) is 0 Å². The molecule has 2 aromatic heterocycles. The molecule has 2 aliphatic heterocycles. The number of hydrogen-bond acceptors (Lipinski definition) is 6. The van der Waals surface area contributed by atoms with Gasteiger partial charge in [0, 0.05) is 37.4 Å². The second-order valence-corrected chi connectivity index (χ2v) is 8.71. The Morgan fingerprint density at radius 1 is 1.14 bits per heavy atom. The van der Waals surface area contributed by atoms with Crippen molar-refractivity contribution < 1.29 is 9.59 Å². The van der Waals surface area contributed by atoms with E-state index in [0.717, 1.165) is 23.9 Å². The lowest BCUT2D eigenvalue weighted by molar-refractivity contribution is -0.134. The molecule has 0 aromatic carbocycles. The van der Waals surface area contributed by atoms with Gasteiger partial charge in [-0.25, -0.2) is 9.78 Å². The molecule has 0 radical (unpaired) electrons. The van der Waals surface area contributed by atoms with Gasteiger partial charge in [0.05, 0.1) is 12.2 Å². The number of carbonyl (C=O) groups excluding carboxylic acids is 2. The molecule has 2 aromatic rings. The number of hydrogen-bond donors (Lipinski definition) is 0. The van der Waals surface area contributed by atoms with Crippen LogP contribution in [-0.4, -0.2) is 56.9 Å². The van der Waals surface area contributed by atoms with E-state index in [4.69, 9.17) is 0 Å². The molecule has 2 saturated heterocycles. The number of imide groups is 1. The monoisotopic (exact) mass is 399 g/mol. The van der Waals surface area contributed by atoms with Gasteiger partial charge in [-0.1, -0.05) is 19.9 Å². The number of pyridine rings is 1. The molecule has 148 valence electrons. The Labute approximate surface area is 169 Å². The Balaban J connectivity index is 1.59. The molecule has 2 fully saturated rings. The van der Waals surface area contributed by atoms with E-state index in [0.29, 0.717) is 25.3 Å². The Bertz CT molecular complexity index is 832. The summed E-state index contributed by atoms with van der Waals surface area (Å²) in [5.41, 5.74) is -0.0184. The third-order valence-electron chi connectivity index (χ3n) is 5.50. The van der Waals surface area contributed by atoms with Gasteiger partial charge in [0.1, 0.15) is 5.54 Å². The normalized spacial score (nSPS) is 19.3. The number of amides is 3. The lowest BCUT2D eigenvalue weighted by atomic mass is 9.85. The average Bonchev–Trinajstić information content (AvgIpc) is 3.29. The summed E-state index contributed by atoms with van der Waals surface area (Å²) in [5.74, 6) is 0.211. The van der Waals surface area contributed by atoms with Crippen LogP contribution in [0.25, 0.3) is 0 Å². The molecule has 0 N–H and O–H groups in total. The molecule has 0 aliphatic carbocycles. The van der Waals surface area contributed by atoms with Gasteiger partial charge in [0.2, 0.25) is 0 Å². The van der Waals surface area contributed by atoms with Crippen LogP contribution in [0.5, 0.6) is 0 Å². The number of urea groups is 1. The van der Waals surface area contributed by atoms with E-state index in [1.54, 1.807) is 23.7 Å². The van der Waals surface area contributed by atoms with Gasteiger partial charge < -0.3 is 9.80 Å². The lowest BCUT2D eigenvalue weighted by Gasteiger charge is -2.42. The summed E-state index contributed by atoms with van der Waals surface area (Å²) < 4.78 is 0. The molecule has 0 unspecified atom stereocenters. The van der Waals surface area contributed by atoms with Gasteiger partial charge in [-0.15, -0.1) is 11.3 Å². The van der Waals surface area contributed by atoms with Crippen LogP contribution in [0.4, 0.5) is 9.93 Å². The van der Waals surface area contributed by atoms with E-state index >= 15 is 0 Å². The quantitative estimate of drug-likeness (QED) is 0.723. The summed E-state index contributed by atoms with van der Waals surface area (Å²) in [6.45, 7) is 6.41. The van der Waals surface area contributed by atoms with Gasteiger partial charge in [-0.2, -0.15) is 0 Å². The van der Waals surface area contributed by atoms with Crippen molar-refractivity contribution >= 4 is 28.4 Å². The zero-order valence-electron chi connectivity index (χ0n) is 16.2. The number of anilines is 1. The smallest absolute Gasteiger partial charge is 0.328 e. The third kappa shape index (κ3) is 3.26. The van der Waals surface area contributed by atoms with E-state index in [9.17, 15) is 9.59 Å². The summed E-state index contributed by atoms with van der Waals surface area (Å²) in [5, 5.41) is 2.94. The maximum absolute atomic E-state index is 13.5. The molecule has 28 heavy (non-hydrogen) atoms. The third-order valence-corrected chi connectivity index (χ3v) is 6.33. The fourth-order valence-corrected chi connectivity index (χ4v) is 4.81. The molecular formula is C20H25N5O2S. The summed E-state index contributed by atoms with van der Waals surface area (Å²) in [7, 11) is 0. The Kier molecular flexibility index (Phi) is 5.05. The van der Waals surface area contributed by atoms with Crippen molar-refractivity contribution in [3.63, 3.8) is 0 Å². The molecule has 4 heterocycles. The SMILES string of the molecule is CC(C)CN1C(=O)N(Cc2ccccn2)C(=O)C12CCN(c1nccs1)CC2. The number of rotatable bonds is 5. The minimum absolute atomic E-state index is 0.0809. The second-order valence-electron chi connectivity index (χ2n) is 7.83. The number of piperidine rings is 1. The molecule has 0 bridgehead atoms. The predicted octanol–water partition coefficient (Wildman–Crippen LogP) is 3.00. The number of nitrogens with zero attached hydrogens (tertiary/aromatic N) is 5. The molecular weight excluding hydrogens is 374 g/mol. The first-order chi connectivity index (χ1) is 13.5. The van der Waals surface area contributed by atoms with Crippen molar-refractivity contribution in [3.05, 3.63) is 41.7 Å². The molecule has 0 atom stereocenters. The van der Waals surface area contributed by atoms with Crippen LogP contribution >= 0.6 is 11.3 Å². The highest BCUT2D eigenvalue weighted by Gasteiger charge is 2.58. The van der Waals surface area contributed by atoms with E-state index in [1.165, 1.54) is 4.90 Å². The van der Waals surface area contributed by atoms with Crippen LogP contribution in [0.1, 0.15) is 32.4 Å². The van der Waals surface area contributed by atoms with Crippen molar-refractivity contribution in [1.82, 2.24) is 19.8 Å². The zero-order valence-corrected chi connectivity index (χ0v) is 17.1. The van der Waals surface area contributed by atoms with Gasteiger partial charge in [-0.05, 0) is 30.9 Å². The van der Waals surface area contributed by atoms with E-state index in [2.05, 4.69) is 28.7 Å². The maximum atomic E-state index is 13.5. The van der Waals surface area contributed by atoms with Crippen LogP contribution in [-0.2, 0) is 11.3 Å². The first kappa shape index (κ1) is 18.9. The minimum Gasteiger partial charge on any atom is -0.348 e. The Morgan fingerprint density at radius 2 is 1.93 bits per heavy atom. The fourth-order valence-electron chi connectivity index (χ4n) is 4.12. The predicted molar refractivity (Wildman–Crippen MR) is 108 cm³/mol. The van der Waals surface area contributed by atoms with Crippen LogP contribution < -0.4 is 4.90 Å². The largest absolute Gasteiger partial charge is 0.348 e. The number of carbonyl (C=O) groups is 2. The van der Waals surface area contributed by atoms with Crippen LogP contribution in [0.15, 0.2) is 36.0 Å². The summed E-state index contributed by atoms with van der Waals surface area (Å²) in [4.78, 5) is 40.8. The summed E-state index contributed by atoms with van der Waals surface area (Å²) in [6, 6.07) is 5.37. The van der Waals surface area contributed by atoms with Crippen molar-refractivity contribution in [2.45, 2.75) is 38.8 Å². The molecule has 4 rings (SSSR count). The van der Waals surface area contributed by atoms with Crippen molar-refractivity contribution in [1.29, 1.82) is 0 Å². The fraction of sp³-hybridized carbons (Fsp3) is 0.500. The van der Waals surface area contributed by atoms with E-state index in [-0.39, 0.29) is 18.5 Å². The topological polar surface area (TPSA) is 69.6 Å². The van der Waals surface area contributed by atoms with Crippen LogP contribution in [0.3, 0.4) is 0 Å². The van der Waals surface area contributed by atoms with Gasteiger partial charge in [-0.3, -0.25) is 14.7 Å². The highest BCUT2D eigenvalue weighted by atomic mass is 32.1. The van der Waals surface area contributed by atoms with Gasteiger partial charge >= 0.3 is 6.03 Å². The highest BCUT2D eigenvalue weighted by Crippen LogP contribution is 2.39. The lowest BCUT2D eigenvalue weighted by Crippen LogP contribution is -2.57. The van der Waals surface area contributed by atoms with Crippen LogP contribution in [0, 0.1) is 5.92 Å². The zero-order chi connectivity index (χ0) is 19.7. The summed E-state index contributed by atoms with van der Waals surface area (Å²) >= 11 is 1.61. The molecule has 1 spiro atoms. The van der Waals surface area contributed by atoms with Gasteiger partial charge in [0.25, 0.3) is 5.91 Å². The van der Waals surface area contributed by atoms with Crippen molar-refractivity contribution in [2.75, 3.05) is 24.5 Å². The highest BCUT2D eigenvalue weighted by molar-refractivity contribution is 7.13. The van der Waals surface area contributed by atoms with Crippen molar-refractivity contribution in [3.8, 4) is 0 Å². The first-order valence-electron chi connectivity index (χ1n) is 9.69. The summed E-state index contributed by atoms with van der Waals surface area (Å²) in [6.07, 6.45) is 4.74. The Hall–Kier alpha value is -2.48. The van der Waals surface area contributed by atoms with Crippen molar-refractivity contribution in [2.24, 2.45) is 5.92 Å². The van der Waals surface area contributed by atoms with Gasteiger partial charge in [0.15, 0.2) is 5.13 Å². The first-order valence-corrected chi connectivity index (χ1v) is 10.6. The Morgan fingerprint density at radius 3 is 2.54 bits per heavy atom. The van der Waals surface area contributed by atoms with E-state index < -0.39 is 5.54 Å². The average molecular weight is 400 g/mol. The molecule has 3 amide bonds. The number of aromatic nitrogens is 2. The molecule has 2 aliphatic rings. The van der Waals surface area contributed by atoms with E-state index in [1.807, 2.05) is 28.5 Å². The standard InChI is InChI=1S/C20H25N5O2S/c1-15(2)13-25-19(27)24(14-16-5-3-4-8-21-16)17(26)20(25)6-10-23(11-7-20)18-22-9-12-28-18/h3-5,8-9,12,15H,6-7,10-11,13-14H2,1-2H3. The minimum atomic E-state index is -0.746.